The number of nitrogens with zero attached hydrogens (tertiary/aromatic N) is 2. The van der Waals surface area contributed by atoms with Crippen molar-refractivity contribution >= 4 is 28.9 Å². The maximum absolute atomic E-state index is 14.0. The largest absolute Gasteiger partial charge is 0.372 e. The van der Waals surface area contributed by atoms with Gasteiger partial charge in [0.25, 0.3) is 0 Å². The first-order valence-electron chi connectivity index (χ1n) is 10.3. The van der Waals surface area contributed by atoms with Crippen molar-refractivity contribution in [3.05, 3.63) is 54.1 Å². The molecule has 2 aromatic rings. The third-order valence-corrected chi connectivity index (χ3v) is 5.98. The summed E-state index contributed by atoms with van der Waals surface area (Å²) >= 11 is 0. The molecule has 2 aliphatic rings. The fraction of sp³-hybridized carbons (Fsp3) is 0.391. The summed E-state index contributed by atoms with van der Waals surface area (Å²) in [4.78, 5) is 28.5. The van der Waals surface area contributed by atoms with Gasteiger partial charge in [0, 0.05) is 43.5 Å². The van der Waals surface area contributed by atoms with Gasteiger partial charge in [0.15, 0.2) is 0 Å². The molecule has 0 aliphatic carbocycles. The predicted octanol–water partition coefficient (Wildman–Crippen LogP) is 4.19. The van der Waals surface area contributed by atoms with Crippen LogP contribution in [0.15, 0.2) is 42.5 Å². The monoisotopic (exact) mass is 413 g/mol. The van der Waals surface area contributed by atoms with Gasteiger partial charge in [0.05, 0.1) is 11.6 Å². The first-order valence-corrected chi connectivity index (χ1v) is 10.3. The Bertz CT molecular complexity index is 940. The number of benzene rings is 2. The van der Waals surface area contributed by atoms with Gasteiger partial charge in [-0.1, -0.05) is 6.92 Å². The van der Waals surface area contributed by atoms with E-state index in [2.05, 4.69) is 17.1 Å². The molecule has 5 nitrogen and oxygen atoms in total. The van der Waals surface area contributed by atoms with Crippen LogP contribution in [-0.2, 0) is 9.59 Å². The normalized spacial score (nSPS) is 20.0. The van der Waals surface area contributed by atoms with Crippen molar-refractivity contribution in [2.24, 2.45) is 11.8 Å². The lowest BCUT2D eigenvalue weighted by Gasteiger charge is -2.32. The molecular weight excluding hydrogens is 388 g/mol. The van der Waals surface area contributed by atoms with Gasteiger partial charge in [0.1, 0.15) is 11.6 Å². The van der Waals surface area contributed by atoms with Gasteiger partial charge in [0.2, 0.25) is 11.8 Å². The molecule has 158 valence electrons. The molecule has 1 atom stereocenters. The Morgan fingerprint density at radius 3 is 2.43 bits per heavy atom. The van der Waals surface area contributed by atoms with Gasteiger partial charge in [-0.15, -0.1) is 0 Å². The predicted molar refractivity (Wildman–Crippen MR) is 113 cm³/mol. The highest BCUT2D eigenvalue weighted by atomic mass is 19.1. The third kappa shape index (κ3) is 4.30. The first kappa shape index (κ1) is 20.3. The number of amides is 2. The van der Waals surface area contributed by atoms with E-state index >= 15 is 0 Å². The molecule has 4 rings (SSSR count). The molecule has 2 saturated heterocycles. The fourth-order valence-corrected chi connectivity index (χ4v) is 4.08. The van der Waals surface area contributed by atoms with Crippen LogP contribution < -0.4 is 15.1 Å². The molecule has 2 aromatic carbocycles. The molecular formula is C23H25F2N3O2. The van der Waals surface area contributed by atoms with E-state index in [-0.39, 0.29) is 30.5 Å². The second-order valence-electron chi connectivity index (χ2n) is 8.21. The lowest BCUT2D eigenvalue weighted by atomic mass is 9.99. The summed E-state index contributed by atoms with van der Waals surface area (Å²) in [5.74, 6) is -1.99. The summed E-state index contributed by atoms with van der Waals surface area (Å²) in [5.41, 5.74) is 1.79. The molecule has 30 heavy (non-hydrogen) atoms. The highest BCUT2D eigenvalue weighted by Gasteiger charge is 2.36. The van der Waals surface area contributed by atoms with Crippen LogP contribution in [0.4, 0.5) is 25.8 Å². The van der Waals surface area contributed by atoms with E-state index in [0.29, 0.717) is 5.69 Å². The molecule has 0 unspecified atom stereocenters. The van der Waals surface area contributed by atoms with Crippen LogP contribution >= 0.6 is 0 Å². The summed E-state index contributed by atoms with van der Waals surface area (Å²) in [7, 11) is 0. The second kappa shape index (κ2) is 8.42. The molecule has 2 amide bonds. The van der Waals surface area contributed by atoms with Crippen molar-refractivity contribution in [2.45, 2.75) is 26.2 Å². The molecule has 7 heteroatoms. The highest BCUT2D eigenvalue weighted by Crippen LogP contribution is 2.29. The van der Waals surface area contributed by atoms with E-state index in [4.69, 9.17) is 0 Å². The quantitative estimate of drug-likeness (QED) is 0.818. The Kier molecular flexibility index (Phi) is 5.70. The molecule has 0 radical (unpaired) electrons. The molecule has 0 spiro atoms. The SMILES string of the molecule is CC1CCN(c2ccc(NC(=O)[C@H]3CC(=O)N(c4ccc(F)cc4F)C3)cc2)CC1. The minimum Gasteiger partial charge on any atom is -0.372 e. The first-order chi connectivity index (χ1) is 14.4. The molecule has 1 N–H and O–H groups in total. The Labute approximate surface area is 174 Å². The van der Waals surface area contributed by atoms with Crippen LogP contribution in [0, 0.1) is 23.5 Å². The van der Waals surface area contributed by atoms with Crippen molar-refractivity contribution in [3.63, 3.8) is 0 Å². The van der Waals surface area contributed by atoms with Gasteiger partial charge < -0.3 is 15.1 Å². The lowest BCUT2D eigenvalue weighted by molar-refractivity contribution is -0.122. The summed E-state index contributed by atoms with van der Waals surface area (Å²) < 4.78 is 27.2. The molecule has 0 saturated carbocycles. The van der Waals surface area contributed by atoms with E-state index < -0.39 is 17.6 Å². The number of hydrogen-bond acceptors (Lipinski definition) is 3. The smallest absolute Gasteiger partial charge is 0.229 e. The number of hydrogen-bond donors (Lipinski definition) is 1. The molecule has 2 heterocycles. The van der Waals surface area contributed by atoms with E-state index in [1.54, 1.807) is 0 Å². The maximum atomic E-state index is 14.0. The van der Waals surface area contributed by atoms with Gasteiger partial charge >= 0.3 is 0 Å². The van der Waals surface area contributed by atoms with Crippen LogP contribution in [0.1, 0.15) is 26.2 Å². The summed E-state index contributed by atoms with van der Waals surface area (Å²) in [6.45, 7) is 4.41. The van der Waals surface area contributed by atoms with E-state index in [1.807, 2.05) is 24.3 Å². The maximum Gasteiger partial charge on any atom is 0.229 e. The highest BCUT2D eigenvalue weighted by molar-refractivity contribution is 6.03. The van der Waals surface area contributed by atoms with Crippen LogP contribution in [0.2, 0.25) is 0 Å². The number of carbonyl (C=O) groups excluding carboxylic acids is 2. The minimum absolute atomic E-state index is 0.00287. The Balaban J connectivity index is 1.37. The topological polar surface area (TPSA) is 52.7 Å². The van der Waals surface area contributed by atoms with Gasteiger partial charge in [-0.05, 0) is 55.2 Å². The number of piperidine rings is 1. The number of halogens is 2. The van der Waals surface area contributed by atoms with E-state index in [1.165, 1.54) is 23.8 Å². The average molecular weight is 413 g/mol. The molecule has 0 bridgehead atoms. The van der Waals surface area contributed by atoms with E-state index in [0.717, 1.165) is 36.8 Å². The lowest BCUT2D eigenvalue weighted by Crippen LogP contribution is -2.32. The third-order valence-electron chi connectivity index (χ3n) is 5.98. The second-order valence-corrected chi connectivity index (χ2v) is 8.21. The average Bonchev–Trinajstić information content (AvgIpc) is 3.11. The van der Waals surface area contributed by atoms with Crippen molar-refractivity contribution in [3.8, 4) is 0 Å². The Morgan fingerprint density at radius 1 is 1.07 bits per heavy atom. The van der Waals surface area contributed by atoms with Crippen molar-refractivity contribution in [2.75, 3.05) is 34.8 Å². The summed E-state index contributed by atoms with van der Waals surface area (Å²) in [5, 5.41) is 2.85. The van der Waals surface area contributed by atoms with Gasteiger partial charge in [-0.25, -0.2) is 8.78 Å². The van der Waals surface area contributed by atoms with E-state index in [9.17, 15) is 18.4 Å². The van der Waals surface area contributed by atoms with Crippen LogP contribution in [-0.4, -0.2) is 31.4 Å². The zero-order chi connectivity index (χ0) is 21.3. The standard InChI is InChI=1S/C23H25F2N3O2/c1-15-8-10-27(11-9-15)19-5-3-18(4-6-19)26-23(30)16-12-22(29)28(14-16)21-7-2-17(24)13-20(21)25/h2-7,13,15-16H,8-12,14H2,1H3,(H,26,30)/t16-/m0/s1. The zero-order valence-electron chi connectivity index (χ0n) is 16.9. The Morgan fingerprint density at radius 2 is 1.77 bits per heavy atom. The van der Waals surface area contributed by atoms with Crippen molar-refractivity contribution in [1.82, 2.24) is 0 Å². The van der Waals surface area contributed by atoms with Crippen molar-refractivity contribution < 1.29 is 18.4 Å². The molecule has 2 fully saturated rings. The number of carbonyl (C=O) groups is 2. The summed E-state index contributed by atoms with van der Waals surface area (Å²) in [6, 6.07) is 10.8. The molecule has 2 aliphatic heterocycles. The number of nitrogens with one attached hydrogen (secondary N) is 1. The van der Waals surface area contributed by atoms with Crippen LogP contribution in [0.3, 0.4) is 0 Å². The van der Waals surface area contributed by atoms with Crippen LogP contribution in [0.5, 0.6) is 0 Å². The molecule has 0 aromatic heterocycles. The Hall–Kier alpha value is -2.96. The van der Waals surface area contributed by atoms with Gasteiger partial charge in [-0.3, -0.25) is 9.59 Å². The number of rotatable bonds is 4. The zero-order valence-corrected chi connectivity index (χ0v) is 16.9. The fourth-order valence-electron chi connectivity index (χ4n) is 4.08. The van der Waals surface area contributed by atoms with Crippen molar-refractivity contribution in [1.29, 1.82) is 0 Å². The van der Waals surface area contributed by atoms with Gasteiger partial charge in [-0.2, -0.15) is 0 Å². The summed E-state index contributed by atoms with van der Waals surface area (Å²) in [6.07, 6.45) is 2.35. The van der Waals surface area contributed by atoms with Crippen LogP contribution in [0.25, 0.3) is 0 Å². The number of anilines is 3. The minimum atomic E-state index is -0.813.